The molecule has 26 heavy (non-hydrogen) atoms. The van der Waals surface area contributed by atoms with Gasteiger partial charge in [0.2, 0.25) is 0 Å². The molecule has 8 heteroatoms. The molecule has 2 aromatic carbocycles. The molecule has 0 fully saturated rings. The molecule has 0 spiro atoms. The predicted octanol–water partition coefficient (Wildman–Crippen LogP) is 3.85. The van der Waals surface area contributed by atoms with Gasteiger partial charge in [-0.2, -0.15) is 0 Å². The van der Waals surface area contributed by atoms with Gasteiger partial charge in [-0.05, 0) is 30.3 Å². The standard InChI is InChI=1S/C18H10ClF2N3O2/c19-9-4-5-14-10(6-9)17(16-11(20)2-1-3-12(16)21)22-7-15-23-13(18(25)26)8-24(14)15/h1-6,8H,7H2,(H,25,26). The van der Waals surface area contributed by atoms with Crippen LogP contribution in [0.25, 0.3) is 5.69 Å². The molecule has 3 aromatic rings. The van der Waals surface area contributed by atoms with E-state index in [1.807, 2.05) is 0 Å². The van der Waals surface area contributed by atoms with Crippen LogP contribution in [-0.2, 0) is 6.54 Å². The van der Waals surface area contributed by atoms with Crippen molar-refractivity contribution in [2.24, 2.45) is 4.99 Å². The first-order chi connectivity index (χ1) is 12.5. The fourth-order valence-electron chi connectivity index (χ4n) is 2.92. The van der Waals surface area contributed by atoms with E-state index in [1.54, 1.807) is 16.7 Å². The van der Waals surface area contributed by atoms with Crippen LogP contribution in [0.15, 0.2) is 47.6 Å². The maximum atomic E-state index is 14.3. The third-order valence-corrected chi connectivity index (χ3v) is 4.28. The number of fused-ring (bicyclic) bond motifs is 3. The highest BCUT2D eigenvalue weighted by Crippen LogP contribution is 2.29. The molecule has 5 nitrogen and oxygen atoms in total. The number of carboxylic acid groups (broad SMARTS) is 1. The van der Waals surface area contributed by atoms with Crippen LogP contribution < -0.4 is 0 Å². The van der Waals surface area contributed by atoms with Crippen LogP contribution in [0.4, 0.5) is 8.78 Å². The highest BCUT2D eigenvalue weighted by Gasteiger charge is 2.25. The Morgan fingerprint density at radius 1 is 1.19 bits per heavy atom. The number of benzene rings is 2. The molecule has 0 unspecified atom stereocenters. The molecule has 0 atom stereocenters. The second kappa shape index (κ2) is 6.03. The molecule has 0 bridgehead atoms. The van der Waals surface area contributed by atoms with Crippen LogP contribution in [0.5, 0.6) is 0 Å². The van der Waals surface area contributed by atoms with Crippen LogP contribution in [0, 0.1) is 11.6 Å². The highest BCUT2D eigenvalue weighted by molar-refractivity contribution is 6.31. The van der Waals surface area contributed by atoms with Gasteiger partial charge < -0.3 is 9.67 Å². The Balaban J connectivity index is 2.00. The quantitative estimate of drug-likeness (QED) is 0.741. The molecule has 0 saturated heterocycles. The molecular formula is C18H10ClF2N3O2. The number of hydrogen-bond acceptors (Lipinski definition) is 3. The second-order valence-corrected chi connectivity index (χ2v) is 6.08. The van der Waals surface area contributed by atoms with E-state index in [-0.39, 0.29) is 23.5 Å². The van der Waals surface area contributed by atoms with Crippen molar-refractivity contribution in [3.63, 3.8) is 0 Å². The number of nitrogens with zero attached hydrogens (tertiary/aromatic N) is 3. The largest absolute Gasteiger partial charge is 0.476 e. The van der Waals surface area contributed by atoms with Gasteiger partial charge in [0.05, 0.1) is 23.5 Å². The summed E-state index contributed by atoms with van der Waals surface area (Å²) in [6.07, 6.45) is 1.35. The number of rotatable bonds is 2. The normalized spacial score (nSPS) is 12.8. The Hall–Kier alpha value is -3.06. The van der Waals surface area contributed by atoms with Gasteiger partial charge in [-0.1, -0.05) is 17.7 Å². The van der Waals surface area contributed by atoms with Gasteiger partial charge in [0, 0.05) is 16.8 Å². The van der Waals surface area contributed by atoms with E-state index < -0.39 is 17.6 Å². The zero-order valence-electron chi connectivity index (χ0n) is 13.1. The van der Waals surface area contributed by atoms with Gasteiger partial charge in [0.25, 0.3) is 0 Å². The number of carbonyl (C=O) groups is 1. The fraction of sp³-hybridized carbons (Fsp3) is 0.0556. The Labute approximate surface area is 151 Å². The smallest absolute Gasteiger partial charge is 0.356 e. The summed E-state index contributed by atoms with van der Waals surface area (Å²) < 4.78 is 30.2. The summed E-state index contributed by atoms with van der Waals surface area (Å²) in [5.41, 5.74) is 0.565. The summed E-state index contributed by atoms with van der Waals surface area (Å²) in [6, 6.07) is 8.35. The molecule has 0 saturated carbocycles. The summed E-state index contributed by atoms with van der Waals surface area (Å²) in [5.74, 6) is -2.33. The van der Waals surface area contributed by atoms with Crippen LogP contribution in [0.2, 0.25) is 5.02 Å². The molecule has 1 N–H and O–H groups in total. The third kappa shape index (κ3) is 2.57. The molecule has 0 aliphatic carbocycles. The van der Waals surface area contributed by atoms with Gasteiger partial charge in [0.1, 0.15) is 17.5 Å². The van der Waals surface area contributed by atoms with Gasteiger partial charge in [-0.15, -0.1) is 0 Å². The van der Waals surface area contributed by atoms with E-state index in [1.165, 1.54) is 18.3 Å². The minimum Gasteiger partial charge on any atom is -0.476 e. The van der Waals surface area contributed by atoms with Crippen molar-refractivity contribution in [3.05, 3.63) is 81.9 Å². The molecule has 0 amide bonds. The van der Waals surface area contributed by atoms with Gasteiger partial charge in [-0.25, -0.2) is 18.6 Å². The molecule has 4 rings (SSSR count). The van der Waals surface area contributed by atoms with E-state index in [4.69, 9.17) is 16.7 Å². The van der Waals surface area contributed by atoms with Crippen LogP contribution >= 0.6 is 11.6 Å². The number of imidazole rings is 1. The van der Waals surface area contributed by atoms with Crippen LogP contribution in [0.1, 0.15) is 27.4 Å². The average Bonchev–Trinajstić information content (AvgIpc) is 2.96. The summed E-state index contributed by atoms with van der Waals surface area (Å²) in [7, 11) is 0. The molecule has 1 aromatic heterocycles. The lowest BCUT2D eigenvalue weighted by molar-refractivity contribution is 0.0691. The van der Waals surface area contributed by atoms with E-state index in [9.17, 15) is 13.6 Å². The van der Waals surface area contributed by atoms with Crippen LogP contribution in [0.3, 0.4) is 0 Å². The molecule has 0 radical (unpaired) electrons. The maximum absolute atomic E-state index is 14.3. The van der Waals surface area contributed by atoms with Crippen molar-refractivity contribution in [1.29, 1.82) is 0 Å². The molecule has 1 aliphatic rings. The lowest BCUT2D eigenvalue weighted by atomic mass is 9.99. The number of aromatic carboxylic acids is 1. The van der Waals surface area contributed by atoms with Crippen molar-refractivity contribution in [2.75, 3.05) is 0 Å². The van der Waals surface area contributed by atoms with E-state index in [2.05, 4.69) is 9.98 Å². The highest BCUT2D eigenvalue weighted by atomic mass is 35.5. The zero-order chi connectivity index (χ0) is 18.4. The summed E-state index contributed by atoms with van der Waals surface area (Å²) >= 11 is 6.08. The van der Waals surface area contributed by atoms with E-state index >= 15 is 0 Å². The minimum atomic E-state index is -1.18. The fourth-order valence-corrected chi connectivity index (χ4v) is 3.09. The monoisotopic (exact) mass is 373 g/mol. The van der Waals surface area contributed by atoms with Crippen molar-refractivity contribution in [1.82, 2.24) is 9.55 Å². The van der Waals surface area contributed by atoms with Crippen molar-refractivity contribution >= 4 is 23.3 Å². The van der Waals surface area contributed by atoms with Gasteiger partial charge in [0.15, 0.2) is 5.69 Å². The topological polar surface area (TPSA) is 67.5 Å². The maximum Gasteiger partial charge on any atom is 0.356 e. The molecule has 1 aliphatic heterocycles. The summed E-state index contributed by atoms with van der Waals surface area (Å²) in [4.78, 5) is 19.6. The lowest BCUT2D eigenvalue weighted by Crippen LogP contribution is -2.11. The third-order valence-electron chi connectivity index (χ3n) is 4.05. The first kappa shape index (κ1) is 16.4. The average molecular weight is 374 g/mol. The number of aromatic nitrogens is 2. The number of carboxylic acids is 1. The SMILES string of the molecule is O=C(O)c1cn2c(n1)CN=C(c1c(F)cccc1F)c1cc(Cl)ccc1-2. The van der Waals surface area contributed by atoms with Crippen molar-refractivity contribution < 1.29 is 18.7 Å². The predicted molar refractivity (Wildman–Crippen MR) is 91.2 cm³/mol. The van der Waals surface area contributed by atoms with E-state index in [0.717, 1.165) is 12.1 Å². The molecular weight excluding hydrogens is 364 g/mol. The van der Waals surface area contributed by atoms with Gasteiger partial charge >= 0.3 is 5.97 Å². The minimum absolute atomic E-state index is 0.0390. The Morgan fingerprint density at radius 3 is 2.62 bits per heavy atom. The number of hydrogen-bond donors (Lipinski definition) is 1. The van der Waals surface area contributed by atoms with Crippen molar-refractivity contribution in [3.8, 4) is 5.69 Å². The Morgan fingerprint density at radius 2 is 1.92 bits per heavy atom. The molecule has 130 valence electrons. The van der Waals surface area contributed by atoms with Gasteiger partial charge in [-0.3, -0.25) is 4.99 Å². The first-order valence-electron chi connectivity index (χ1n) is 7.56. The van der Waals surface area contributed by atoms with E-state index in [0.29, 0.717) is 22.1 Å². The van der Waals surface area contributed by atoms with Crippen LogP contribution in [-0.4, -0.2) is 26.3 Å². The number of halogens is 3. The first-order valence-corrected chi connectivity index (χ1v) is 7.94. The molecule has 2 heterocycles. The Bertz CT molecular complexity index is 1070. The van der Waals surface area contributed by atoms with Crippen molar-refractivity contribution in [2.45, 2.75) is 6.54 Å². The summed E-state index contributed by atoms with van der Waals surface area (Å²) in [5, 5.41) is 9.52. The second-order valence-electron chi connectivity index (χ2n) is 5.64. The Kier molecular flexibility index (Phi) is 3.81. The number of aliphatic imine (C=N–C) groups is 1. The zero-order valence-corrected chi connectivity index (χ0v) is 13.8. The lowest BCUT2D eigenvalue weighted by Gasteiger charge is -2.13. The summed E-state index contributed by atoms with van der Waals surface area (Å²) in [6.45, 7) is -0.0390.